The minimum Gasteiger partial charge on any atom is -0.449 e. The maximum Gasteiger partial charge on any atom is 0.413 e. The third-order valence-corrected chi connectivity index (χ3v) is 2.95. The molecular formula is C14H15N3O2. The number of nitriles is 1. The summed E-state index contributed by atoms with van der Waals surface area (Å²) in [6, 6.07) is 7.74. The van der Waals surface area contributed by atoms with E-state index in [1.807, 2.05) is 24.4 Å². The van der Waals surface area contributed by atoms with E-state index in [1.165, 1.54) is 4.90 Å². The summed E-state index contributed by atoms with van der Waals surface area (Å²) >= 11 is 0. The molecule has 0 saturated carbocycles. The summed E-state index contributed by atoms with van der Waals surface area (Å²) in [5.74, 6) is 0. The van der Waals surface area contributed by atoms with Crippen LogP contribution in [0.5, 0.6) is 0 Å². The molecule has 5 nitrogen and oxygen atoms in total. The van der Waals surface area contributed by atoms with Crippen molar-refractivity contribution in [2.45, 2.75) is 13.3 Å². The molecule has 1 aromatic carbocycles. The normalized spacial score (nSPS) is 10.2. The predicted molar refractivity (Wildman–Crippen MR) is 73.0 cm³/mol. The fourth-order valence-corrected chi connectivity index (χ4v) is 1.93. The van der Waals surface area contributed by atoms with E-state index in [1.54, 1.807) is 14.0 Å². The summed E-state index contributed by atoms with van der Waals surface area (Å²) in [6.45, 7) is 2.11. The molecule has 1 heterocycles. The van der Waals surface area contributed by atoms with Gasteiger partial charge < -0.3 is 9.72 Å². The molecule has 0 saturated heterocycles. The van der Waals surface area contributed by atoms with Crippen LogP contribution in [0.15, 0.2) is 24.4 Å². The fourth-order valence-electron chi connectivity index (χ4n) is 1.93. The van der Waals surface area contributed by atoms with Crippen molar-refractivity contribution >= 4 is 22.7 Å². The van der Waals surface area contributed by atoms with Gasteiger partial charge in [0.1, 0.15) is 0 Å². The maximum absolute atomic E-state index is 11.7. The van der Waals surface area contributed by atoms with E-state index in [9.17, 15) is 4.79 Å². The number of nitrogens with one attached hydrogen (secondary N) is 1. The molecule has 2 rings (SSSR count). The number of carbonyl (C=O) groups is 1. The molecule has 0 aliphatic rings. The lowest BCUT2D eigenvalue weighted by Gasteiger charge is -2.16. The van der Waals surface area contributed by atoms with Gasteiger partial charge in [-0.05, 0) is 30.7 Å². The number of ether oxygens (including phenoxy) is 1. The Morgan fingerprint density at radius 2 is 2.32 bits per heavy atom. The van der Waals surface area contributed by atoms with Gasteiger partial charge in [-0.25, -0.2) is 4.79 Å². The van der Waals surface area contributed by atoms with E-state index < -0.39 is 0 Å². The molecule has 5 heteroatoms. The highest BCUT2D eigenvalue weighted by atomic mass is 16.6. The molecule has 1 N–H and O–H groups in total. The molecule has 2 aromatic rings. The average Bonchev–Trinajstić information content (AvgIpc) is 2.81. The van der Waals surface area contributed by atoms with Gasteiger partial charge in [0.15, 0.2) is 0 Å². The molecule has 1 amide bonds. The summed E-state index contributed by atoms with van der Waals surface area (Å²) in [5.41, 5.74) is 2.62. The van der Waals surface area contributed by atoms with Gasteiger partial charge in [-0.2, -0.15) is 5.26 Å². The van der Waals surface area contributed by atoms with Gasteiger partial charge in [-0.3, -0.25) is 4.90 Å². The zero-order chi connectivity index (χ0) is 13.8. The van der Waals surface area contributed by atoms with Gasteiger partial charge in [-0.1, -0.05) is 0 Å². The SMILES string of the molecule is CCOC(=O)N(C)c1ccc2[nH]cc(CC#N)c2c1. The Morgan fingerprint density at radius 3 is 3.00 bits per heavy atom. The van der Waals surface area contributed by atoms with Gasteiger partial charge >= 0.3 is 6.09 Å². The van der Waals surface area contributed by atoms with Gasteiger partial charge in [0, 0.05) is 29.8 Å². The van der Waals surface area contributed by atoms with Crippen LogP contribution >= 0.6 is 0 Å². The van der Waals surface area contributed by atoms with Gasteiger partial charge in [0.2, 0.25) is 0 Å². The smallest absolute Gasteiger partial charge is 0.413 e. The number of anilines is 1. The lowest BCUT2D eigenvalue weighted by atomic mass is 10.1. The molecule has 1 aromatic heterocycles. The van der Waals surface area contributed by atoms with Gasteiger partial charge in [0.05, 0.1) is 19.1 Å². The maximum atomic E-state index is 11.7. The lowest BCUT2D eigenvalue weighted by Crippen LogP contribution is -2.26. The Hall–Kier alpha value is -2.48. The number of hydrogen-bond acceptors (Lipinski definition) is 3. The highest BCUT2D eigenvalue weighted by Crippen LogP contribution is 2.24. The number of benzene rings is 1. The van der Waals surface area contributed by atoms with Crippen molar-refractivity contribution in [2.24, 2.45) is 0 Å². The second-order valence-corrected chi connectivity index (χ2v) is 4.14. The van der Waals surface area contributed by atoms with Crippen molar-refractivity contribution in [1.82, 2.24) is 4.98 Å². The van der Waals surface area contributed by atoms with Crippen LogP contribution in [0.4, 0.5) is 10.5 Å². The van der Waals surface area contributed by atoms with E-state index in [-0.39, 0.29) is 6.09 Å². The first-order valence-corrected chi connectivity index (χ1v) is 6.04. The van der Waals surface area contributed by atoms with Gasteiger partial charge in [-0.15, -0.1) is 0 Å². The number of fused-ring (bicyclic) bond motifs is 1. The fraction of sp³-hybridized carbons (Fsp3) is 0.286. The zero-order valence-corrected chi connectivity index (χ0v) is 10.9. The Labute approximate surface area is 111 Å². The monoisotopic (exact) mass is 257 g/mol. The number of nitrogens with zero attached hydrogens (tertiary/aromatic N) is 2. The highest BCUT2D eigenvalue weighted by molar-refractivity contribution is 5.93. The summed E-state index contributed by atoms with van der Waals surface area (Å²) in [5, 5.41) is 9.74. The Balaban J connectivity index is 2.37. The number of amides is 1. The van der Waals surface area contributed by atoms with Crippen LogP contribution in [0.1, 0.15) is 12.5 Å². The van der Waals surface area contributed by atoms with Crippen LogP contribution in [0.3, 0.4) is 0 Å². The van der Waals surface area contributed by atoms with Crippen LogP contribution in [0.25, 0.3) is 10.9 Å². The standard InChI is InChI=1S/C14H15N3O2/c1-3-19-14(18)17(2)11-4-5-13-12(8-11)10(6-7-15)9-16-13/h4-5,8-9,16H,3,6H2,1-2H3. The first kappa shape index (κ1) is 13.0. The number of H-pyrrole nitrogens is 1. The molecule has 19 heavy (non-hydrogen) atoms. The summed E-state index contributed by atoms with van der Waals surface area (Å²) in [7, 11) is 1.66. The first-order valence-electron chi connectivity index (χ1n) is 6.04. The zero-order valence-electron chi connectivity index (χ0n) is 10.9. The van der Waals surface area contributed by atoms with E-state index in [0.717, 1.165) is 22.2 Å². The largest absolute Gasteiger partial charge is 0.449 e. The van der Waals surface area contributed by atoms with Crippen molar-refractivity contribution < 1.29 is 9.53 Å². The molecule has 0 spiro atoms. The Morgan fingerprint density at radius 1 is 1.53 bits per heavy atom. The van der Waals surface area contributed by atoms with Crippen LogP contribution < -0.4 is 4.90 Å². The second-order valence-electron chi connectivity index (χ2n) is 4.14. The third-order valence-electron chi connectivity index (χ3n) is 2.95. The third kappa shape index (κ3) is 2.52. The highest BCUT2D eigenvalue weighted by Gasteiger charge is 2.13. The lowest BCUT2D eigenvalue weighted by molar-refractivity contribution is 0.161. The number of aromatic nitrogens is 1. The molecule has 0 fully saturated rings. The first-order chi connectivity index (χ1) is 9.17. The molecule has 0 atom stereocenters. The van der Waals surface area contributed by atoms with Crippen LogP contribution in [0, 0.1) is 11.3 Å². The minimum absolute atomic E-state index is 0.340. The van der Waals surface area contributed by atoms with Crippen molar-refractivity contribution in [2.75, 3.05) is 18.6 Å². The quantitative estimate of drug-likeness (QED) is 0.919. The summed E-state index contributed by atoms with van der Waals surface area (Å²) < 4.78 is 4.96. The molecule has 0 radical (unpaired) electrons. The van der Waals surface area contributed by atoms with Crippen molar-refractivity contribution in [3.63, 3.8) is 0 Å². The Bertz CT molecular complexity index is 640. The van der Waals surface area contributed by atoms with Crippen LogP contribution in [-0.2, 0) is 11.2 Å². The van der Waals surface area contributed by atoms with Crippen molar-refractivity contribution in [1.29, 1.82) is 5.26 Å². The summed E-state index contributed by atoms with van der Waals surface area (Å²) in [4.78, 5) is 16.2. The molecule has 0 unspecified atom stereocenters. The molecule has 0 aliphatic heterocycles. The van der Waals surface area contributed by atoms with Crippen molar-refractivity contribution in [3.8, 4) is 6.07 Å². The van der Waals surface area contributed by atoms with E-state index >= 15 is 0 Å². The van der Waals surface area contributed by atoms with Crippen molar-refractivity contribution in [3.05, 3.63) is 30.0 Å². The number of hydrogen-bond donors (Lipinski definition) is 1. The molecular weight excluding hydrogens is 242 g/mol. The second kappa shape index (κ2) is 5.44. The number of rotatable bonds is 3. The van der Waals surface area contributed by atoms with Crippen LogP contribution in [-0.4, -0.2) is 24.7 Å². The molecule has 0 bridgehead atoms. The number of carbonyl (C=O) groups excluding carboxylic acids is 1. The van der Waals surface area contributed by atoms with Crippen LogP contribution in [0.2, 0.25) is 0 Å². The van der Waals surface area contributed by atoms with Gasteiger partial charge in [0.25, 0.3) is 0 Å². The van der Waals surface area contributed by atoms with E-state index in [0.29, 0.717) is 13.0 Å². The van der Waals surface area contributed by atoms with E-state index in [2.05, 4.69) is 11.1 Å². The molecule has 0 aliphatic carbocycles. The van der Waals surface area contributed by atoms with E-state index in [4.69, 9.17) is 10.00 Å². The number of aromatic amines is 1. The Kier molecular flexibility index (Phi) is 3.71. The molecule has 98 valence electrons. The summed E-state index contributed by atoms with van der Waals surface area (Å²) in [6.07, 6.45) is 1.77. The minimum atomic E-state index is -0.390. The predicted octanol–water partition coefficient (Wildman–Crippen LogP) is 2.83. The topological polar surface area (TPSA) is 69.1 Å². The average molecular weight is 257 g/mol.